The SMILES string of the molecule is CNC(=O)c1cccc(C(=O)NCCC2CCCNC2)c1. The number of hydrogen-bond acceptors (Lipinski definition) is 3. The number of carbonyl (C=O) groups is 2. The monoisotopic (exact) mass is 289 g/mol. The smallest absolute Gasteiger partial charge is 0.251 e. The van der Waals surface area contributed by atoms with Crippen LogP contribution in [0.4, 0.5) is 0 Å². The molecule has 1 heterocycles. The van der Waals surface area contributed by atoms with Crippen molar-refractivity contribution in [1.82, 2.24) is 16.0 Å². The van der Waals surface area contributed by atoms with Crippen LogP contribution in [-0.4, -0.2) is 38.5 Å². The van der Waals surface area contributed by atoms with Gasteiger partial charge in [-0.3, -0.25) is 9.59 Å². The highest BCUT2D eigenvalue weighted by Crippen LogP contribution is 2.13. The first-order chi connectivity index (χ1) is 10.2. The third-order valence-electron chi connectivity index (χ3n) is 3.85. The molecular weight excluding hydrogens is 266 g/mol. The van der Waals surface area contributed by atoms with Crippen LogP contribution in [0.3, 0.4) is 0 Å². The van der Waals surface area contributed by atoms with Crippen LogP contribution in [0.25, 0.3) is 0 Å². The van der Waals surface area contributed by atoms with E-state index < -0.39 is 0 Å². The lowest BCUT2D eigenvalue weighted by molar-refractivity contribution is 0.0950. The molecule has 0 radical (unpaired) electrons. The Hall–Kier alpha value is -1.88. The van der Waals surface area contributed by atoms with Crippen LogP contribution in [0.15, 0.2) is 24.3 Å². The van der Waals surface area contributed by atoms with E-state index in [9.17, 15) is 9.59 Å². The molecule has 1 aliphatic rings. The zero-order chi connectivity index (χ0) is 15.1. The minimum atomic E-state index is -0.182. The molecule has 1 fully saturated rings. The molecule has 1 aromatic carbocycles. The summed E-state index contributed by atoms with van der Waals surface area (Å²) in [6, 6.07) is 6.77. The van der Waals surface area contributed by atoms with Crippen molar-refractivity contribution >= 4 is 11.8 Å². The Bertz CT molecular complexity index is 496. The standard InChI is InChI=1S/C16H23N3O2/c1-17-15(20)13-5-2-6-14(10-13)16(21)19-9-7-12-4-3-8-18-11-12/h2,5-6,10,12,18H,3-4,7-9,11H2,1H3,(H,17,20)(H,19,21). The average molecular weight is 289 g/mol. The lowest BCUT2D eigenvalue weighted by Crippen LogP contribution is -2.33. The van der Waals surface area contributed by atoms with Gasteiger partial charge in [0.2, 0.25) is 0 Å². The molecular formula is C16H23N3O2. The third kappa shape index (κ3) is 4.56. The predicted octanol–water partition coefficient (Wildman–Crippen LogP) is 1.17. The van der Waals surface area contributed by atoms with Gasteiger partial charge in [0, 0.05) is 24.7 Å². The summed E-state index contributed by atoms with van der Waals surface area (Å²) in [7, 11) is 1.58. The Balaban J connectivity index is 1.83. The molecule has 1 aromatic rings. The quantitative estimate of drug-likeness (QED) is 0.762. The second-order valence-electron chi connectivity index (χ2n) is 5.42. The Morgan fingerprint density at radius 1 is 1.29 bits per heavy atom. The number of carbonyl (C=O) groups excluding carboxylic acids is 2. The molecule has 3 N–H and O–H groups in total. The zero-order valence-electron chi connectivity index (χ0n) is 12.4. The number of rotatable bonds is 5. The molecule has 0 bridgehead atoms. The van der Waals surface area contributed by atoms with Gasteiger partial charge in [0.25, 0.3) is 11.8 Å². The van der Waals surface area contributed by atoms with E-state index in [0.29, 0.717) is 23.6 Å². The van der Waals surface area contributed by atoms with E-state index in [-0.39, 0.29) is 11.8 Å². The fourth-order valence-electron chi connectivity index (χ4n) is 2.61. The van der Waals surface area contributed by atoms with Crippen LogP contribution in [0.1, 0.15) is 40.0 Å². The van der Waals surface area contributed by atoms with Crippen LogP contribution in [0.2, 0.25) is 0 Å². The van der Waals surface area contributed by atoms with Gasteiger partial charge >= 0.3 is 0 Å². The van der Waals surface area contributed by atoms with Crippen molar-refractivity contribution in [2.45, 2.75) is 19.3 Å². The minimum Gasteiger partial charge on any atom is -0.355 e. The number of piperidine rings is 1. The second kappa shape index (κ2) is 7.78. The summed E-state index contributed by atoms with van der Waals surface area (Å²) >= 11 is 0. The highest BCUT2D eigenvalue weighted by Gasteiger charge is 2.13. The van der Waals surface area contributed by atoms with Crippen LogP contribution in [0.5, 0.6) is 0 Å². The van der Waals surface area contributed by atoms with Crippen molar-refractivity contribution in [3.63, 3.8) is 0 Å². The first kappa shape index (κ1) is 15.5. The molecule has 1 aliphatic heterocycles. The van der Waals surface area contributed by atoms with Crippen LogP contribution in [0, 0.1) is 5.92 Å². The molecule has 5 nitrogen and oxygen atoms in total. The van der Waals surface area contributed by atoms with Crippen LogP contribution in [-0.2, 0) is 0 Å². The summed E-state index contributed by atoms with van der Waals surface area (Å²) in [6.07, 6.45) is 3.44. The van der Waals surface area contributed by atoms with E-state index in [0.717, 1.165) is 19.5 Å². The highest BCUT2D eigenvalue weighted by molar-refractivity contribution is 5.99. The van der Waals surface area contributed by atoms with Gasteiger partial charge < -0.3 is 16.0 Å². The van der Waals surface area contributed by atoms with Gasteiger partial charge in [-0.05, 0) is 56.5 Å². The molecule has 5 heteroatoms. The van der Waals surface area contributed by atoms with E-state index in [1.165, 1.54) is 12.8 Å². The molecule has 1 saturated heterocycles. The summed E-state index contributed by atoms with van der Waals surface area (Å²) in [5.41, 5.74) is 1.03. The van der Waals surface area contributed by atoms with Crippen molar-refractivity contribution in [3.8, 4) is 0 Å². The highest BCUT2D eigenvalue weighted by atomic mass is 16.2. The van der Waals surface area contributed by atoms with Gasteiger partial charge in [0.05, 0.1) is 0 Å². The topological polar surface area (TPSA) is 70.2 Å². The summed E-state index contributed by atoms with van der Waals surface area (Å²) in [5, 5.41) is 8.86. The molecule has 114 valence electrons. The van der Waals surface area contributed by atoms with E-state index >= 15 is 0 Å². The lowest BCUT2D eigenvalue weighted by atomic mass is 9.96. The molecule has 2 amide bonds. The van der Waals surface area contributed by atoms with Crippen molar-refractivity contribution in [2.24, 2.45) is 5.92 Å². The van der Waals surface area contributed by atoms with Gasteiger partial charge in [-0.25, -0.2) is 0 Å². The minimum absolute atomic E-state index is 0.121. The largest absolute Gasteiger partial charge is 0.355 e. The van der Waals surface area contributed by atoms with Gasteiger partial charge in [-0.2, -0.15) is 0 Å². The van der Waals surface area contributed by atoms with Gasteiger partial charge in [-0.15, -0.1) is 0 Å². The van der Waals surface area contributed by atoms with E-state index in [4.69, 9.17) is 0 Å². The second-order valence-corrected chi connectivity index (χ2v) is 5.42. The summed E-state index contributed by atoms with van der Waals surface area (Å²) in [6.45, 7) is 2.83. The summed E-state index contributed by atoms with van der Waals surface area (Å²) in [5.74, 6) is 0.346. The Morgan fingerprint density at radius 2 is 2.05 bits per heavy atom. The van der Waals surface area contributed by atoms with Crippen molar-refractivity contribution in [3.05, 3.63) is 35.4 Å². The first-order valence-corrected chi connectivity index (χ1v) is 7.52. The molecule has 0 saturated carbocycles. The van der Waals surface area contributed by atoms with Crippen molar-refractivity contribution in [1.29, 1.82) is 0 Å². The van der Waals surface area contributed by atoms with Gasteiger partial charge in [-0.1, -0.05) is 6.07 Å². The fraction of sp³-hybridized carbons (Fsp3) is 0.500. The number of benzene rings is 1. The molecule has 0 aliphatic carbocycles. The Morgan fingerprint density at radius 3 is 2.71 bits per heavy atom. The van der Waals surface area contributed by atoms with E-state index in [1.54, 1.807) is 31.3 Å². The zero-order valence-corrected chi connectivity index (χ0v) is 12.4. The predicted molar refractivity (Wildman–Crippen MR) is 82.4 cm³/mol. The summed E-state index contributed by atoms with van der Waals surface area (Å²) < 4.78 is 0. The number of hydrogen-bond donors (Lipinski definition) is 3. The average Bonchev–Trinajstić information content (AvgIpc) is 2.55. The van der Waals surface area contributed by atoms with E-state index in [1.807, 2.05) is 0 Å². The summed E-state index contributed by atoms with van der Waals surface area (Å²) in [4.78, 5) is 23.7. The molecule has 1 unspecified atom stereocenters. The van der Waals surface area contributed by atoms with Crippen LogP contribution < -0.4 is 16.0 Å². The van der Waals surface area contributed by atoms with Crippen molar-refractivity contribution in [2.75, 3.05) is 26.7 Å². The lowest BCUT2D eigenvalue weighted by Gasteiger charge is -2.22. The van der Waals surface area contributed by atoms with Crippen molar-refractivity contribution < 1.29 is 9.59 Å². The molecule has 1 atom stereocenters. The maximum atomic E-state index is 12.1. The fourth-order valence-corrected chi connectivity index (χ4v) is 2.61. The molecule has 0 spiro atoms. The maximum absolute atomic E-state index is 12.1. The molecule has 21 heavy (non-hydrogen) atoms. The number of nitrogens with one attached hydrogen (secondary N) is 3. The van der Waals surface area contributed by atoms with E-state index in [2.05, 4.69) is 16.0 Å². The molecule has 0 aromatic heterocycles. The van der Waals surface area contributed by atoms with Gasteiger partial charge in [0.1, 0.15) is 0 Å². The number of amides is 2. The van der Waals surface area contributed by atoms with Gasteiger partial charge in [0.15, 0.2) is 0 Å². The Labute approximate surface area is 125 Å². The maximum Gasteiger partial charge on any atom is 0.251 e. The Kier molecular flexibility index (Phi) is 5.75. The normalized spacial score (nSPS) is 18.0. The van der Waals surface area contributed by atoms with Crippen LogP contribution >= 0.6 is 0 Å². The first-order valence-electron chi connectivity index (χ1n) is 7.52. The molecule has 2 rings (SSSR count). The third-order valence-corrected chi connectivity index (χ3v) is 3.85.